The molecule has 0 bridgehead atoms. The standard InChI is InChI=1S/C14H14ClN3O2/c1-3-9-7(2)17-14(18-13(9)16)8-4-10(15)12-11(5-8)19-6-20-12/h4-5H,3,6H2,1-2H3,(H2,16,17,18). The zero-order valence-electron chi connectivity index (χ0n) is 11.2. The molecule has 2 N–H and O–H groups in total. The van der Waals surface area contributed by atoms with Crippen molar-refractivity contribution in [2.45, 2.75) is 20.3 Å². The van der Waals surface area contributed by atoms with Gasteiger partial charge in [0.25, 0.3) is 0 Å². The Morgan fingerprint density at radius 1 is 1.30 bits per heavy atom. The van der Waals surface area contributed by atoms with Gasteiger partial charge in [-0.1, -0.05) is 18.5 Å². The van der Waals surface area contributed by atoms with E-state index in [0.717, 1.165) is 23.2 Å². The molecule has 0 saturated heterocycles. The van der Waals surface area contributed by atoms with E-state index in [2.05, 4.69) is 9.97 Å². The second-order valence-corrected chi connectivity index (χ2v) is 4.95. The van der Waals surface area contributed by atoms with Crippen molar-refractivity contribution >= 4 is 17.4 Å². The number of benzene rings is 1. The van der Waals surface area contributed by atoms with E-state index in [4.69, 9.17) is 26.8 Å². The summed E-state index contributed by atoms with van der Waals surface area (Å²) < 4.78 is 10.6. The van der Waals surface area contributed by atoms with E-state index in [1.807, 2.05) is 19.9 Å². The Morgan fingerprint density at radius 2 is 2.10 bits per heavy atom. The maximum absolute atomic E-state index is 6.17. The number of ether oxygens (including phenoxy) is 2. The summed E-state index contributed by atoms with van der Waals surface area (Å²) in [6.45, 7) is 4.13. The topological polar surface area (TPSA) is 70.3 Å². The maximum Gasteiger partial charge on any atom is 0.231 e. The van der Waals surface area contributed by atoms with Crippen LogP contribution in [-0.4, -0.2) is 16.8 Å². The molecule has 3 rings (SSSR count). The highest BCUT2D eigenvalue weighted by atomic mass is 35.5. The van der Waals surface area contributed by atoms with Crippen molar-refractivity contribution in [2.24, 2.45) is 0 Å². The molecular formula is C14H14ClN3O2. The Morgan fingerprint density at radius 3 is 2.80 bits per heavy atom. The lowest BCUT2D eigenvalue weighted by Gasteiger charge is -2.09. The van der Waals surface area contributed by atoms with Gasteiger partial charge < -0.3 is 15.2 Å². The number of aryl methyl sites for hydroxylation is 1. The molecule has 0 atom stereocenters. The van der Waals surface area contributed by atoms with Gasteiger partial charge in [0.15, 0.2) is 17.3 Å². The summed E-state index contributed by atoms with van der Waals surface area (Å²) >= 11 is 6.17. The van der Waals surface area contributed by atoms with Crippen molar-refractivity contribution in [1.29, 1.82) is 0 Å². The van der Waals surface area contributed by atoms with Crippen LogP contribution in [0.15, 0.2) is 12.1 Å². The van der Waals surface area contributed by atoms with Crippen molar-refractivity contribution in [1.82, 2.24) is 9.97 Å². The molecule has 0 aliphatic carbocycles. The largest absolute Gasteiger partial charge is 0.454 e. The Hall–Kier alpha value is -2.01. The van der Waals surface area contributed by atoms with Gasteiger partial charge in [0.1, 0.15) is 5.82 Å². The van der Waals surface area contributed by atoms with Crippen LogP contribution < -0.4 is 15.2 Å². The fourth-order valence-corrected chi connectivity index (χ4v) is 2.55. The minimum atomic E-state index is 0.176. The maximum atomic E-state index is 6.17. The van der Waals surface area contributed by atoms with Crippen molar-refractivity contribution < 1.29 is 9.47 Å². The molecule has 0 fully saturated rings. The van der Waals surface area contributed by atoms with Gasteiger partial charge in [-0.25, -0.2) is 9.97 Å². The third kappa shape index (κ3) is 2.04. The predicted molar refractivity (Wildman–Crippen MR) is 77.1 cm³/mol. The number of rotatable bonds is 2. The summed E-state index contributed by atoms with van der Waals surface area (Å²) in [6, 6.07) is 3.57. The van der Waals surface area contributed by atoms with E-state index < -0.39 is 0 Å². The Labute approximate surface area is 121 Å². The zero-order chi connectivity index (χ0) is 14.3. The highest BCUT2D eigenvalue weighted by Crippen LogP contribution is 2.41. The molecule has 0 radical (unpaired) electrons. The fraction of sp³-hybridized carbons (Fsp3) is 0.286. The van der Waals surface area contributed by atoms with Crippen LogP contribution in [0.3, 0.4) is 0 Å². The first-order chi connectivity index (χ1) is 9.60. The smallest absolute Gasteiger partial charge is 0.231 e. The molecule has 20 heavy (non-hydrogen) atoms. The summed E-state index contributed by atoms with van der Waals surface area (Å²) in [5.74, 6) is 2.21. The van der Waals surface area contributed by atoms with E-state index in [1.54, 1.807) is 6.07 Å². The molecule has 5 nitrogen and oxygen atoms in total. The molecule has 1 aliphatic rings. The first-order valence-electron chi connectivity index (χ1n) is 6.32. The molecule has 6 heteroatoms. The Kier molecular flexibility index (Phi) is 3.14. The second-order valence-electron chi connectivity index (χ2n) is 4.54. The second kappa shape index (κ2) is 4.83. The van der Waals surface area contributed by atoms with E-state index >= 15 is 0 Å². The summed E-state index contributed by atoms with van der Waals surface area (Å²) in [5.41, 5.74) is 8.59. The minimum absolute atomic E-state index is 0.176. The molecule has 0 spiro atoms. The number of fused-ring (bicyclic) bond motifs is 1. The van der Waals surface area contributed by atoms with Crippen LogP contribution in [0.5, 0.6) is 11.5 Å². The van der Waals surface area contributed by atoms with Gasteiger partial charge in [-0.15, -0.1) is 0 Å². The van der Waals surface area contributed by atoms with Crippen molar-refractivity contribution in [3.8, 4) is 22.9 Å². The SMILES string of the molecule is CCc1c(C)nc(-c2cc(Cl)c3c(c2)OCO3)nc1N. The fourth-order valence-electron chi connectivity index (χ4n) is 2.28. The van der Waals surface area contributed by atoms with Crippen molar-refractivity contribution in [3.05, 3.63) is 28.4 Å². The van der Waals surface area contributed by atoms with Crippen LogP contribution in [0.2, 0.25) is 5.02 Å². The molecule has 0 saturated carbocycles. The summed E-state index contributed by atoms with van der Waals surface area (Å²) in [6.07, 6.45) is 0.805. The van der Waals surface area contributed by atoms with Crippen molar-refractivity contribution in [2.75, 3.05) is 12.5 Å². The summed E-state index contributed by atoms with van der Waals surface area (Å²) in [7, 11) is 0. The van der Waals surface area contributed by atoms with E-state index in [9.17, 15) is 0 Å². The van der Waals surface area contributed by atoms with Crippen LogP contribution >= 0.6 is 11.6 Å². The highest BCUT2D eigenvalue weighted by Gasteiger charge is 2.20. The van der Waals surface area contributed by atoms with Crippen LogP contribution in [0, 0.1) is 6.92 Å². The van der Waals surface area contributed by atoms with Gasteiger partial charge in [-0.05, 0) is 25.5 Å². The van der Waals surface area contributed by atoms with Crippen molar-refractivity contribution in [3.63, 3.8) is 0 Å². The number of aromatic nitrogens is 2. The summed E-state index contributed by atoms with van der Waals surface area (Å²) in [5, 5.41) is 0.481. The number of nitrogens with two attached hydrogens (primary N) is 1. The molecule has 104 valence electrons. The average Bonchev–Trinajstić information content (AvgIpc) is 2.87. The highest BCUT2D eigenvalue weighted by molar-refractivity contribution is 6.32. The van der Waals surface area contributed by atoms with Gasteiger partial charge in [-0.3, -0.25) is 0 Å². The molecule has 1 aliphatic heterocycles. The predicted octanol–water partition coefficient (Wildman–Crippen LogP) is 2.98. The average molecular weight is 292 g/mol. The first-order valence-corrected chi connectivity index (χ1v) is 6.70. The van der Waals surface area contributed by atoms with E-state index in [1.165, 1.54) is 0 Å². The Bertz CT molecular complexity index is 665. The Balaban J connectivity index is 2.12. The molecule has 1 aromatic heterocycles. The lowest BCUT2D eigenvalue weighted by Crippen LogP contribution is -2.04. The molecule has 2 heterocycles. The molecule has 0 amide bonds. The van der Waals surface area contributed by atoms with Crippen LogP contribution in [0.25, 0.3) is 11.4 Å². The first kappa shape index (κ1) is 13.0. The number of nitrogens with zero attached hydrogens (tertiary/aromatic N) is 2. The number of anilines is 1. The van der Waals surface area contributed by atoms with E-state index in [-0.39, 0.29) is 6.79 Å². The lowest BCUT2D eigenvalue weighted by atomic mass is 10.1. The number of nitrogen functional groups attached to an aromatic ring is 1. The number of halogens is 1. The number of hydrogen-bond donors (Lipinski definition) is 1. The van der Waals surface area contributed by atoms with Gasteiger partial charge in [-0.2, -0.15) is 0 Å². The quantitative estimate of drug-likeness (QED) is 0.921. The van der Waals surface area contributed by atoms with Crippen LogP contribution in [0.4, 0.5) is 5.82 Å². The summed E-state index contributed by atoms with van der Waals surface area (Å²) in [4.78, 5) is 8.85. The molecular weight excluding hydrogens is 278 g/mol. The normalized spacial score (nSPS) is 12.8. The van der Waals surface area contributed by atoms with Gasteiger partial charge in [0.05, 0.1) is 5.02 Å². The molecule has 2 aromatic rings. The van der Waals surface area contributed by atoms with Crippen LogP contribution in [0.1, 0.15) is 18.2 Å². The van der Waals surface area contributed by atoms with Crippen LogP contribution in [-0.2, 0) is 6.42 Å². The third-order valence-electron chi connectivity index (χ3n) is 3.28. The zero-order valence-corrected chi connectivity index (χ0v) is 12.0. The van der Waals surface area contributed by atoms with Gasteiger partial charge in [0.2, 0.25) is 6.79 Å². The molecule has 0 unspecified atom stereocenters. The van der Waals surface area contributed by atoms with Gasteiger partial charge >= 0.3 is 0 Å². The monoisotopic (exact) mass is 291 g/mol. The number of hydrogen-bond acceptors (Lipinski definition) is 5. The minimum Gasteiger partial charge on any atom is -0.454 e. The lowest BCUT2D eigenvalue weighted by molar-refractivity contribution is 0.174. The van der Waals surface area contributed by atoms with E-state index in [0.29, 0.717) is 28.2 Å². The third-order valence-corrected chi connectivity index (χ3v) is 3.57. The molecule has 1 aromatic carbocycles. The van der Waals surface area contributed by atoms with Gasteiger partial charge in [0, 0.05) is 16.8 Å².